The van der Waals surface area contributed by atoms with Gasteiger partial charge in [0.15, 0.2) is 5.76 Å². The predicted molar refractivity (Wildman–Crippen MR) is 94.3 cm³/mol. The Morgan fingerprint density at radius 1 is 1.36 bits per heavy atom. The lowest BCUT2D eigenvalue weighted by atomic mass is 10.1. The van der Waals surface area contributed by atoms with Gasteiger partial charge in [-0.1, -0.05) is 11.6 Å². The van der Waals surface area contributed by atoms with E-state index < -0.39 is 4.92 Å². The smallest absolute Gasteiger partial charge is 0.290 e. The van der Waals surface area contributed by atoms with E-state index in [2.05, 4.69) is 0 Å². The summed E-state index contributed by atoms with van der Waals surface area (Å²) in [5, 5.41) is 11.2. The molecule has 0 saturated carbocycles. The van der Waals surface area contributed by atoms with E-state index in [-0.39, 0.29) is 17.6 Å². The molecule has 0 aliphatic carbocycles. The molecule has 0 unspecified atom stereocenters. The first-order chi connectivity index (χ1) is 11.9. The van der Waals surface area contributed by atoms with E-state index in [0.29, 0.717) is 30.4 Å². The van der Waals surface area contributed by atoms with Crippen LogP contribution in [0.1, 0.15) is 23.0 Å². The van der Waals surface area contributed by atoms with Crippen molar-refractivity contribution in [2.24, 2.45) is 0 Å². The van der Waals surface area contributed by atoms with Crippen molar-refractivity contribution in [1.29, 1.82) is 0 Å². The zero-order valence-electron chi connectivity index (χ0n) is 13.9. The third-order valence-corrected chi connectivity index (χ3v) is 4.73. The molecule has 1 saturated heterocycles. The van der Waals surface area contributed by atoms with Crippen LogP contribution in [0.3, 0.4) is 0 Å². The summed E-state index contributed by atoms with van der Waals surface area (Å²) in [7, 11) is 0. The first-order valence-electron chi connectivity index (χ1n) is 7.92. The van der Waals surface area contributed by atoms with Crippen LogP contribution in [0.25, 0.3) is 0 Å². The highest BCUT2D eigenvalue weighted by molar-refractivity contribution is 6.33. The molecule has 2 heterocycles. The van der Waals surface area contributed by atoms with E-state index in [4.69, 9.17) is 16.0 Å². The zero-order valence-corrected chi connectivity index (χ0v) is 14.7. The molecule has 25 heavy (non-hydrogen) atoms. The van der Waals surface area contributed by atoms with Crippen LogP contribution in [0.15, 0.2) is 34.9 Å². The Balaban J connectivity index is 1.75. The molecule has 1 aliphatic rings. The second-order valence-electron chi connectivity index (χ2n) is 6.12. The second kappa shape index (κ2) is 6.76. The summed E-state index contributed by atoms with van der Waals surface area (Å²) in [6.07, 6.45) is 1.51. The Morgan fingerprint density at radius 3 is 2.68 bits per heavy atom. The quantitative estimate of drug-likeness (QED) is 0.616. The fraction of sp³-hybridized carbons (Fsp3) is 0.353. The fourth-order valence-electron chi connectivity index (χ4n) is 3.07. The summed E-state index contributed by atoms with van der Waals surface area (Å²) in [6, 6.07) is 6.17. The number of nitro groups is 1. The van der Waals surface area contributed by atoms with Gasteiger partial charge in [-0.05, 0) is 26.0 Å². The standard InChI is InChI=1S/C17H18ClN3O4/c1-11-5-8-25-16(11)17(22)20-7-6-19(10-12(20)2)15-4-3-13(21(23)24)9-14(15)18/h3-5,8-9,12H,6-7,10H2,1-2H3/t12-/m1/s1. The maximum absolute atomic E-state index is 12.6. The Hall–Kier alpha value is -2.54. The lowest BCUT2D eigenvalue weighted by Gasteiger charge is -2.41. The van der Waals surface area contributed by atoms with Crippen LogP contribution >= 0.6 is 11.6 Å². The highest BCUT2D eigenvalue weighted by Gasteiger charge is 2.31. The molecular formula is C17H18ClN3O4. The van der Waals surface area contributed by atoms with Crippen LogP contribution < -0.4 is 4.90 Å². The van der Waals surface area contributed by atoms with Gasteiger partial charge in [-0.15, -0.1) is 0 Å². The first kappa shape index (κ1) is 17.3. The van der Waals surface area contributed by atoms with Crippen molar-refractivity contribution in [1.82, 2.24) is 4.90 Å². The largest absolute Gasteiger partial charge is 0.459 e. The molecule has 3 rings (SSSR count). The van der Waals surface area contributed by atoms with Gasteiger partial charge in [0.2, 0.25) is 0 Å². The molecule has 0 N–H and O–H groups in total. The summed E-state index contributed by atoms with van der Waals surface area (Å²) in [5.41, 5.74) is 1.52. The Kier molecular flexibility index (Phi) is 4.67. The molecule has 132 valence electrons. The van der Waals surface area contributed by atoms with Gasteiger partial charge in [0.25, 0.3) is 11.6 Å². The summed E-state index contributed by atoms with van der Waals surface area (Å²) in [6.45, 7) is 5.50. The monoisotopic (exact) mass is 363 g/mol. The van der Waals surface area contributed by atoms with E-state index in [1.807, 2.05) is 18.7 Å². The topological polar surface area (TPSA) is 79.8 Å². The van der Waals surface area contributed by atoms with Gasteiger partial charge in [0.05, 0.1) is 21.9 Å². The van der Waals surface area contributed by atoms with Gasteiger partial charge < -0.3 is 14.2 Å². The molecular weight excluding hydrogens is 346 g/mol. The van der Waals surface area contributed by atoms with Crippen molar-refractivity contribution in [2.45, 2.75) is 19.9 Å². The van der Waals surface area contributed by atoms with Gasteiger partial charge in [0, 0.05) is 43.4 Å². The number of carbonyl (C=O) groups excluding carboxylic acids is 1. The number of amides is 1. The van der Waals surface area contributed by atoms with E-state index in [9.17, 15) is 14.9 Å². The number of carbonyl (C=O) groups is 1. The van der Waals surface area contributed by atoms with Gasteiger partial charge in [0.1, 0.15) is 0 Å². The highest BCUT2D eigenvalue weighted by Crippen LogP contribution is 2.31. The van der Waals surface area contributed by atoms with Crippen LogP contribution in [0.4, 0.5) is 11.4 Å². The third kappa shape index (κ3) is 3.32. The molecule has 1 atom stereocenters. The van der Waals surface area contributed by atoms with Crippen molar-refractivity contribution in [3.05, 3.63) is 57.0 Å². The molecule has 8 heteroatoms. The van der Waals surface area contributed by atoms with Gasteiger partial charge in [-0.3, -0.25) is 14.9 Å². The molecule has 1 fully saturated rings. The SMILES string of the molecule is Cc1ccoc1C(=O)N1CCN(c2ccc([N+](=O)[O-])cc2Cl)C[C@H]1C. The average Bonchev–Trinajstić information content (AvgIpc) is 3.00. The number of nitrogens with zero attached hydrogens (tertiary/aromatic N) is 3. The van der Waals surface area contributed by atoms with E-state index >= 15 is 0 Å². The molecule has 1 aromatic heterocycles. The van der Waals surface area contributed by atoms with Crippen molar-refractivity contribution in [2.75, 3.05) is 24.5 Å². The number of aryl methyl sites for hydroxylation is 1. The Labute approximate surface area is 149 Å². The predicted octanol–water partition coefficient (Wildman–Crippen LogP) is 3.50. The number of non-ortho nitro benzene ring substituents is 1. The number of anilines is 1. The fourth-order valence-corrected chi connectivity index (χ4v) is 3.36. The minimum atomic E-state index is -0.472. The molecule has 1 amide bonds. The summed E-state index contributed by atoms with van der Waals surface area (Å²) in [4.78, 5) is 26.8. The molecule has 1 aliphatic heterocycles. The van der Waals surface area contributed by atoms with Gasteiger partial charge in [-0.2, -0.15) is 0 Å². The molecule has 2 aromatic rings. The van der Waals surface area contributed by atoms with E-state index in [1.165, 1.54) is 18.4 Å². The van der Waals surface area contributed by atoms with E-state index in [0.717, 1.165) is 11.3 Å². The van der Waals surface area contributed by atoms with Crippen LogP contribution in [-0.4, -0.2) is 41.4 Å². The van der Waals surface area contributed by atoms with Crippen LogP contribution in [0, 0.1) is 17.0 Å². The van der Waals surface area contributed by atoms with Crippen molar-refractivity contribution in [3.63, 3.8) is 0 Å². The number of piperazine rings is 1. The minimum absolute atomic E-state index is 0.0380. The number of benzene rings is 1. The summed E-state index contributed by atoms with van der Waals surface area (Å²) < 4.78 is 5.30. The number of rotatable bonds is 3. The average molecular weight is 364 g/mol. The van der Waals surface area contributed by atoms with Crippen molar-refractivity contribution in [3.8, 4) is 0 Å². The summed E-state index contributed by atoms with van der Waals surface area (Å²) in [5.74, 6) is 0.248. The van der Waals surface area contributed by atoms with Gasteiger partial charge >= 0.3 is 0 Å². The minimum Gasteiger partial charge on any atom is -0.459 e. The maximum Gasteiger partial charge on any atom is 0.290 e. The number of nitro benzene ring substituents is 1. The lowest BCUT2D eigenvalue weighted by molar-refractivity contribution is -0.384. The Morgan fingerprint density at radius 2 is 2.12 bits per heavy atom. The maximum atomic E-state index is 12.6. The van der Waals surface area contributed by atoms with Crippen LogP contribution in [0.5, 0.6) is 0 Å². The Bertz CT molecular complexity index is 820. The van der Waals surface area contributed by atoms with Crippen LogP contribution in [-0.2, 0) is 0 Å². The van der Waals surface area contributed by atoms with Crippen molar-refractivity contribution < 1.29 is 14.1 Å². The first-order valence-corrected chi connectivity index (χ1v) is 8.30. The van der Waals surface area contributed by atoms with Gasteiger partial charge in [-0.25, -0.2) is 0 Å². The van der Waals surface area contributed by atoms with Crippen molar-refractivity contribution >= 4 is 28.9 Å². The van der Waals surface area contributed by atoms with E-state index in [1.54, 1.807) is 17.0 Å². The highest BCUT2D eigenvalue weighted by atomic mass is 35.5. The molecule has 0 radical (unpaired) electrons. The second-order valence-corrected chi connectivity index (χ2v) is 6.53. The number of halogens is 1. The normalized spacial score (nSPS) is 17.6. The molecule has 1 aromatic carbocycles. The number of furan rings is 1. The molecule has 0 bridgehead atoms. The molecule has 0 spiro atoms. The number of hydrogen-bond acceptors (Lipinski definition) is 5. The third-order valence-electron chi connectivity index (χ3n) is 4.43. The molecule has 7 nitrogen and oxygen atoms in total. The summed E-state index contributed by atoms with van der Waals surface area (Å²) >= 11 is 6.21. The number of hydrogen-bond donors (Lipinski definition) is 0. The lowest BCUT2D eigenvalue weighted by Crippen LogP contribution is -2.54. The zero-order chi connectivity index (χ0) is 18.1. The van der Waals surface area contributed by atoms with Crippen LogP contribution in [0.2, 0.25) is 5.02 Å².